The maximum atomic E-state index is 11.8. The van der Waals surface area contributed by atoms with Crippen molar-refractivity contribution < 1.29 is 4.79 Å². The molecule has 98 valence electrons. The monoisotopic (exact) mass is 269 g/mol. The minimum Gasteiger partial charge on any atom is -0.357 e. The van der Waals surface area contributed by atoms with Crippen molar-refractivity contribution in [3.8, 4) is 0 Å². The van der Waals surface area contributed by atoms with E-state index in [1.54, 1.807) is 18.1 Å². The first-order valence-corrected chi connectivity index (χ1v) is 6.19. The molecule has 1 aliphatic heterocycles. The molecule has 0 atom stereocenters. The molecule has 0 aliphatic carbocycles. The number of carbonyl (C=O) groups is 1. The first-order chi connectivity index (χ1) is 8.61. The van der Waals surface area contributed by atoms with Crippen LogP contribution in [-0.2, 0) is 4.79 Å². The summed E-state index contributed by atoms with van der Waals surface area (Å²) in [6.07, 6.45) is 2.45. The number of hydrogen-bond acceptors (Lipinski definition) is 5. The lowest BCUT2D eigenvalue weighted by Gasteiger charge is -2.21. The lowest BCUT2D eigenvalue weighted by Crippen LogP contribution is -2.35. The third kappa shape index (κ3) is 2.64. The molecule has 0 aromatic carbocycles. The summed E-state index contributed by atoms with van der Waals surface area (Å²) in [5.74, 6) is 1.19. The Morgan fingerprint density at radius 3 is 2.94 bits per heavy atom. The summed E-state index contributed by atoms with van der Waals surface area (Å²) < 4.78 is 0. The molecule has 6 nitrogen and oxygen atoms in total. The largest absolute Gasteiger partial charge is 0.357 e. The Labute approximate surface area is 111 Å². The molecule has 1 fully saturated rings. The van der Waals surface area contributed by atoms with Crippen molar-refractivity contribution in [1.82, 2.24) is 14.9 Å². The van der Waals surface area contributed by atoms with Crippen LogP contribution in [0.3, 0.4) is 0 Å². The van der Waals surface area contributed by atoms with E-state index >= 15 is 0 Å². The van der Waals surface area contributed by atoms with Crippen molar-refractivity contribution in [2.24, 2.45) is 0 Å². The van der Waals surface area contributed by atoms with Gasteiger partial charge in [0.1, 0.15) is 5.02 Å². The van der Waals surface area contributed by atoms with Crippen LogP contribution in [0.15, 0.2) is 6.20 Å². The fourth-order valence-corrected chi connectivity index (χ4v) is 2.08. The lowest BCUT2D eigenvalue weighted by atomic mass is 10.4. The molecule has 7 heteroatoms. The van der Waals surface area contributed by atoms with Crippen LogP contribution < -0.4 is 10.2 Å². The van der Waals surface area contributed by atoms with E-state index in [1.165, 1.54) is 0 Å². The number of anilines is 2. The quantitative estimate of drug-likeness (QED) is 0.862. The normalized spacial score (nSPS) is 16.7. The molecule has 1 amide bonds. The smallest absolute Gasteiger partial charge is 0.241 e. The van der Waals surface area contributed by atoms with E-state index < -0.39 is 0 Å². The predicted molar refractivity (Wildman–Crippen MR) is 71.1 cm³/mol. The summed E-state index contributed by atoms with van der Waals surface area (Å²) in [7, 11) is 3.56. The Balaban J connectivity index is 2.27. The summed E-state index contributed by atoms with van der Waals surface area (Å²) in [4.78, 5) is 23.8. The molecule has 0 saturated carbocycles. The van der Waals surface area contributed by atoms with Crippen LogP contribution in [-0.4, -0.2) is 54.5 Å². The van der Waals surface area contributed by atoms with Gasteiger partial charge in [-0.3, -0.25) is 4.79 Å². The van der Waals surface area contributed by atoms with Crippen molar-refractivity contribution in [1.29, 1.82) is 0 Å². The van der Waals surface area contributed by atoms with Crippen LogP contribution in [0.4, 0.5) is 11.8 Å². The Hall–Kier alpha value is -1.56. The van der Waals surface area contributed by atoms with Gasteiger partial charge in [-0.1, -0.05) is 11.6 Å². The number of halogens is 1. The van der Waals surface area contributed by atoms with Gasteiger partial charge in [-0.05, 0) is 6.42 Å². The minimum atomic E-state index is 0.0770. The average molecular weight is 270 g/mol. The minimum absolute atomic E-state index is 0.0770. The summed E-state index contributed by atoms with van der Waals surface area (Å²) in [6.45, 7) is 1.82. The van der Waals surface area contributed by atoms with Gasteiger partial charge < -0.3 is 15.1 Å². The summed E-state index contributed by atoms with van der Waals surface area (Å²) in [6, 6.07) is 0. The van der Waals surface area contributed by atoms with E-state index in [2.05, 4.69) is 15.3 Å². The molecule has 1 aromatic rings. The van der Waals surface area contributed by atoms with Crippen LogP contribution in [0.25, 0.3) is 0 Å². The highest BCUT2D eigenvalue weighted by atomic mass is 35.5. The molecule has 18 heavy (non-hydrogen) atoms. The van der Waals surface area contributed by atoms with Crippen LogP contribution >= 0.6 is 11.6 Å². The van der Waals surface area contributed by atoms with E-state index in [4.69, 9.17) is 11.6 Å². The number of hydrogen-bond donors (Lipinski definition) is 1. The molecule has 2 rings (SSSR count). The highest BCUT2D eigenvalue weighted by molar-refractivity contribution is 6.32. The van der Waals surface area contributed by atoms with E-state index in [9.17, 15) is 4.79 Å². The van der Waals surface area contributed by atoms with E-state index in [0.29, 0.717) is 23.3 Å². The maximum Gasteiger partial charge on any atom is 0.241 e. The molecule has 1 aliphatic rings. The highest BCUT2D eigenvalue weighted by Crippen LogP contribution is 2.24. The van der Waals surface area contributed by atoms with E-state index in [1.807, 2.05) is 11.9 Å². The molecule has 1 saturated heterocycles. The van der Waals surface area contributed by atoms with Gasteiger partial charge in [0.05, 0.1) is 12.7 Å². The van der Waals surface area contributed by atoms with Crippen LogP contribution in [0.5, 0.6) is 0 Å². The van der Waals surface area contributed by atoms with Gasteiger partial charge in [0.15, 0.2) is 5.82 Å². The van der Waals surface area contributed by atoms with Crippen LogP contribution in [0.2, 0.25) is 5.02 Å². The second kappa shape index (κ2) is 5.39. The topological polar surface area (TPSA) is 61.4 Å². The molecular formula is C11H16ClN5O. The Morgan fingerprint density at radius 1 is 1.44 bits per heavy atom. The third-order valence-corrected chi connectivity index (χ3v) is 3.19. The summed E-state index contributed by atoms with van der Waals surface area (Å²) in [5, 5.41) is 3.33. The molecule has 0 radical (unpaired) electrons. The van der Waals surface area contributed by atoms with E-state index in [-0.39, 0.29) is 5.91 Å². The first-order valence-electron chi connectivity index (χ1n) is 5.81. The van der Waals surface area contributed by atoms with Gasteiger partial charge in [-0.25, -0.2) is 4.98 Å². The zero-order chi connectivity index (χ0) is 13.1. The Morgan fingerprint density at radius 2 is 2.22 bits per heavy atom. The number of nitrogens with one attached hydrogen (secondary N) is 1. The molecular weight excluding hydrogens is 254 g/mol. The molecule has 0 bridgehead atoms. The number of aromatic nitrogens is 2. The number of rotatable bonds is 2. The van der Waals surface area contributed by atoms with Gasteiger partial charge in [-0.15, -0.1) is 0 Å². The Kier molecular flexibility index (Phi) is 3.86. The fraction of sp³-hybridized carbons (Fsp3) is 0.545. The van der Waals surface area contributed by atoms with Gasteiger partial charge >= 0.3 is 0 Å². The summed E-state index contributed by atoms with van der Waals surface area (Å²) >= 11 is 6.10. The molecule has 0 unspecified atom stereocenters. The first kappa shape index (κ1) is 12.9. The van der Waals surface area contributed by atoms with Crippen molar-refractivity contribution in [2.45, 2.75) is 6.42 Å². The predicted octanol–water partition coefficient (Wildman–Crippen LogP) is 0.840. The molecule has 0 spiro atoms. The zero-order valence-corrected chi connectivity index (χ0v) is 11.2. The van der Waals surface area contributed by atoms with Crippen molar-refractivity contribution >= 4 is 29.3 Å². The van der Waals surface area contributed by atoms with Crippen molar-refractivity contribution in [3.05, 3.63) is 11.2 Å². The highest BCUT2D eigenvalue weighted by Gasteiger charge is 2.22. The lowest BCUT2D eigenvalue weighted by molar-refractivity contribution is -0.127. The molecule has 1 aromatic heterocycles. The number of likely N-dealkylation sites (N-methyl/N-ethyl adjacent to an activating group) is 1. The number of nitrogens with zero attached hydrogens (tertiary/aromatic N) is 4. The van der Waals surface area contributed by atoms with Crippen LogP contribution in [0, 0.1) is 0 Å². The van der Waals surface area contributed by atoms with Gasteiger partial charge in [0, 0.05) is 27.2 Å². The second-order valence-electron chi connectivity index (χ2n) is 4.21. The van der Waals surface area contributed by atoms with Gasteiger partial charge in [-0.2, -0.15) is 4.98 Å². The van der Waals surface area contributed by atoms with Crippen molar-refractivity contribution in [3.63, 3.8) is 0 Å². The zero-order valence-electron chi connectivity index (χ0n) is 10.5. The van der Waals surface area contributed by atoms with E-state index in [0.717, 1.165) is 19.5 Å². The summed E-state index contributed by atoms with van der Waals surface area (Å²) in [5.41, 5.74) is 0. The third-order valence-electron chi connectivity index (χ3n) is 2.92. The molecule has 1 N–H and O–H groups in total. The standard InChI is InChI=1S/C11H16ClN5O/c1-13-11-14-6-8(12)10(15-11)17-5-3-4-16(2)9(18)7-17/h6H,3-5,7H2,1-2H3,(H,13,14,15). The number of amides is 1. The maximum absolute atomic E-state index is 11.8. The SMILES string of the molecule is CNc1ncc(Cl)c(N2CCCN(C)C(=O)C2)n1. The Bertz CT molecular complexity index is 453. The second-order valence-corrected chi connectivity index (χ2v) is 4.61. The number of carbonyl (C=O) groups excluding carboxylic acids is 1. The molecule has 2 heterocycles. The van der Waals surface area contributed by atoms with Gasteiger partial charge in [0.2, 0.25) is 11.9 Å². The van der Waals surface area contributed by atoms with Crippen LogP contribution in [0.1, 0.15) is 6.42 Å². The fourth-order valence-electron chi connectivity index (χ4n) is 1.87. The van der Waals surface area contributed by atoms with Gasteiger partial charge in [0.25, 0.3) is 0 Å². The van der Waals surface area contributed by atoms with Crippen molar-refractivity contribution in [2.75, 3.05) is 43.9 Å². The average Bonchev–Trinajstić information content (AvgIpc) is 2.53.